The highest BCUT2D eigenvalue weighted by Crippen LogP contribution is 2.44. The van der Waals surface area contributed by atoms with E-state index in [1.165, 1.54) is 34.4 Å². The van der Waals surface area contributed by atoms with Gasteiger partial charge in [0.15, 0.2) is 0 Å². The van der Waals surface area contributed by atoms with Crippen molar-refractivity contribution >= 4 is 16.2 Å². The van der Waals surface area contributed by atoms with Crippen LogP contribution in [0.5, 0.6) is 0 Å². The van der Waals surface area contributed by atoms with E-state index in [-0.39, 0.29) is 24.0 Å². The highest BCUT2D eigenvalue weighted by atomic mass is 32.2. The number of alkyl carbamates (subject to hydrolysis) is 1. The number of fused-ring (bicyclic) bond motifs is 3. The van der Waals surface area contributed by atoms with Crippen molar-refractivity contribution in [2.45, 2.75) is 17.2 Å². The van der Waals surface area contributed by atoms with E-state index in [0.717, 1.165) is 0 Å². The molecular formula is C42H59NO14S. The fourth-order valence-corrected chi connectivity index (χ4v) is 6.65. The van der Waals surface area contributed by atoms with E-state index in [0.29, 0.717) is 132 Å². The van der Waals surface area contributed by atoms with Gasteiger partial charge in [-0.15, -0.1) is 0 Å². The molecule has 0 radical (unpaired) electrons. The van der Waals surface area contributed by atoms with Crippen molar-refractivity contribution in [3.8, 4) is 11.1 Å². The van der Waals surface area contributed by atoms with Crippen LogP contribution in [0.25, 0.3) is 11.1 Å². The topological polar surface area (TPSA) is 165 Å². The molecule has 1 N–H and O–H groups in total. The second-order valence-electron chi connectivity index (χ2n) is 12.7. The van der Waals surface area contributed by atoms with Crippen LogP contribution >= 0.6 is 0 Å². The maximum Gasteiger partial charge on any atom is 0.407 e. The summed E-state index contributed by atoms with van der Waals surface area (Å²) in [5, 5.41) is 2.80. The summed E-state index contributed by atoms with van der Waals surface area (Å²) in [4.78, 5) is 12.4. The second kappa shape index (κ2) is 29.7. The number of amides is 1. The molecule has 0 aliphatic heterocycles. The smallest absolute Gasteiger partial charge is 0.407 e. The van der Waals surface area contributed by atoms with Crippen LogP contribution < -0.4 is 5.32 Å². The average Bonchev–Trinajstić information content (AvgIpc) is 3.57. The van der Waals surface area contributed by atoms with Crippen LogP contribution in [0.1, 0.15) is 23.5 Å². The third kappa shape index (κ3) is 19.0. The Morgan fingerprint density at radius 2 is 0.828 bits per heavy atom. The normalized spacial score (nSPS) is 12.4. The monoisotopic (exact) mass is 833 g/mol. The molecule has 0 heterocycles. The van der Waals surface area contributed by atoms with Crippen LogP contribution in [-0.4, -0.2) is 153 Å². The number of carbonyl (C=O) groups is 1. The SMILES string of the molecule is O=C(NCCCOCCOCCOCCOCCOCCOCCOCCOCCOCCOS(=O)(=O)c1ccccc1)OCC1c2ccccc2-c2ccccc21. The summed E-state index contributed by atoms with van der Waals surface area (Å²) in [5.41, 5.74) is 4.78. The van der Waals surface area contributed by atoms with Gasteiger partial charge in [-0.2, -0.15) is 8.42 Å². The van der Waals surface area contributed by atoms with Crippen molar-refractivity contribution in [1.29, 1.82) is 0 Å². The molecule has 0 unspecified atom stereocenters. The van der Waals surface area contributed by atoms with Gasteiger partial charge >= 0.3 is 6.09 Å². The van der Waals surface area contributed by atoms with Gasteiger partial charge in [-0.3, -0.25) is 4.18 Å². The molecule has 3 aromatic rings. The molecule has 0 fully saturated rings. The Kier molecular flexibility index (Phi) is 24.1. The van der Waals surface area contributed by atoms with Gasteiger partial charge in [0.25, 0.3) is 10.1 Å². The van der Waals surface area contributed by atoms with Gasteiger partial charge in [0, 0.05) is 19.1 Å². The van der Waals surface area contributed by atoms with E-state index in [9.17, 15) is 13.2 Å². The van der Waals surface area contributed by atoms with E-state index in [2.05, 4.69) is 29.6 Å². The van der Waals surface area contributed by atoms with Gasteiger partial charge in [-0.05, 0) is 40.8 Å². The Hall–Kier alpha value is -3.52. The van der Waals surface area contributed by atoms with Gasteiger partial charge in [-0.25, -0.2) is 4.79 Å². The van der Waals surface area contributed by atoms with Crippen LogP contribution in [0.15, 0.2) is 83.8 Å². The summed E-state index contributed by atoms with van der Waals surface area (Å²) in [6.07, 6.45) is 0.252. The summed E-state index contributed by atoms with van der Waals surface area (Å²) >= 11 is 0. The Bertz CT molecular complexity index is 1590. The molecule has 0 aromatic heterocycles. The van der Waals surface area contributed by atoms with Crippen molar-refractivity contribution in [2.24, 2.45) is 0 Å². The van der Waals surface area contributed by atoms with Crippen molar-refractivity contribution < 1.29 is 64.8 Å². The molecule has 0 atom stereocenters. The molecule has 4 rings (SSSR count). The summed E-state index contributed by atoms with van der Waals surface area (Å²) in [6, 6.07) is 24.5. The number of hydrogen-bond donors (Lipinski definition) is 1. The van der Waals surface area contributed by atoms with E-state index >= 15 is 0 Å². The van der Waals surface area contributed by atoms with Crippen LogP contribution in [0.4, 0.5) is 4.79 Å². The van der Waals surface area contributed by atoms with Gasteiger partial charge in [-0.1, -0.05) is 66.7 Å². The van der Waals surface area contributed by atoms with E-state index in [1.54, 1.807) is 18.2 Å². The maximum absolute atomic E-state index is 12.3. The molecule has 0 saturated heterocycles. The van der Waals surface area contributed by atoms with Crippen LogP contribution in [0.2, 0.25) is 0 Å². The Morgan fingerprint density at radius 1 is 0.466 bits per heavy atom. The van der Waals surface area contributed by atoms with Crippen LogP contribution in [-0.2, 0) is 61.7 Å². The van der Waals surface area contributed by atoms with Gasteiger partial charge in [0.1, 0.15) is 6.61 Å². The van der Waals surface area contributed by atoms with Gasteiger partial charge < -0.3 is 52.7 Å². The zero-order chi connectivity index (χ0) is 40.8. The standard InChI is InChI=1S/C42H59NO14S/c44-42(56-35-41-39-13-6-4-11-37(39)38-12-5-7-14-40(38)41)43-15-8-16-47-17-18-48-19-20-49-21-22-50-23-24-51-25-26-52-27-28-53-29-30-54-31-32-55-33-34-57-58(45,46)36-9-2-1-3-10-36/h1-7,9-14,41H,8,15-35H2,(H,43,44). The third-order valence-electron chi connectivity index (χ3n) is 8.55. The zero-order valence-electron chi connectivity index (χ0n) is 33.3. The molecule has 1 aliphatic rings. The Morgan fingerprint density at radius 3 is 1.26 bits per heavy atom. The molecule has 15 nitrogen and oxygen atoms in total. The summed E-state index contributed by atoms with van der Waals surface area (Å²) in [6.45, 7) is 8.46. The predicted octanol–water partition coefficient (Wildman–Crippen LogP) is 4.47. The first-order valence-electron chi connectivity index (χ1n) is 19.8. The first-order chi connectivity index (χ1) is 28.6. The maximum atomic E-state index is 12.3. The number of nitrogens with one attached hydrogen (secondary N) is 1. The van der Waals surface area contributed by atoms with E-state index < -0.39 is 16.2 Å². The fourth-order valence-electron chi connectivity index (χ4n) is 5.73. The van der Waals surface area contributed by atoms with Crippen LogP contribution in [0, 0.1) is 0 Å². The predicted molar refractivity (Wildman–Crippen MR) is 215 cm³/mol. The molecular weight excluding hydrogens is 775 g/mol. The Labute approximate surface area is 342 Å². The molecule has 16 heteroatoms. The van der Waals surface area contributed by atoms with Crippen molar-refractivity contribution in [2.75, 3.05) is 139 Å². The number of benzene rings is 3. The lowest BCUT2D eigenvalue weighted by atomic mass is 9.98. The molecule has 0 bridgehead atoms. The molecule has 322 valence electrons. The van der Waals surface area contributed by atoms with Crippen molar-refractivity contribution in [3.63, 3.8) is 0 Å². The van der Waals surface area contributed by atoms with E-state index in [1.807, 2.05) is 24.3 Å². The molecule has 1 amide bonds. The Balaban J connectivity index is 0.789. The average molecular weight is 834 g/mol. The molecule has 1 aliphatic carbocycles. The van der Waals surface area contributed by atoms with Crippen LogP contribution in [0.3, 0.4) is 0 Å². The lowest BCUT2D eigenvalue weighted by molar-refractivity contribution is -0.0253. The zero-order valence-corrected chi connectivity index (χ0v) is 34.1. The minimum Gasteiger partial charge on any atom is -0.449 e. The number of ether oxygens (including phenoxy) is 10. The summed E-state index contributed by atoms with van der Waals surface area (Å²) in [5.74, 6) is 0.0423. The largest absolute Gasteiger partial charge is 0.449 e. The summed E-state index contributed by atoms with van der Waals surface area (Å²) < 4.78 is 83.8. The number of rotatable bonds is 35. The van der Waals surface area contributed by atoms with E-state index in [4.69, 9.17) is 51.6 Å². The first kappa shape index (κ1) is 47.2. The first-order valence-corrected chi connectivity index (χ1v) is 21.2. The molecule has 3 aromatic carbocycles. The van der Waals surface area contributed by atoms with Gasteiger partial charge in [0.2, 0.25) is 0 Å². The molecule has 0 saturated carbocycles. The quantitative estimate of drug-likeness (QED) is 0.0652. The highest BCUT2D eigenvalue weighted by Gasteiger charge is 2.29. The van der Waals surface area contributed by atoms with Crippen molar-refractivity contribution in [1.82, 2.24) is 5.32 Å². The van der Waals surface area contributed by atoms with Gasteiger partial charge in [0.05, 0.1) is 124 Å². The molecule has 0 spiro atoms. The highest BCUT2D eigenvalue weighted by molar-refractivity contribution is 7.86. The van der Waals surface area contributed by atoms with Crippen molar-refractivity contribution in [3.05, 3.63) is 90.0 Å². The minimum absolute atomic E-state index is 0.0423. The minimum atomic E-state index is -3.77. The molecule has 58 heavy (non-hydrogen) atoms. The fraction of sp³-hybridized carbons (Fsp3) is 0.548. The summed E-state index contributed by atoms with van der Waals surface area (Å²) in [7, 11) is -3.77. The lowest BCUT2D eigenvalue weighted by Gasteiger charge is -2.14. The number of hydrogen-bond acceptors (Lipinski definition) is 14. The number of carbonyl (C=O) groups excluding carboxylic acids is 1. The second-order valence-corrected chi connectivity index (χ2v) is 14.3. The lowest BCUT2D eigenvalue weighted by Crippen LogP contribution is -2.27. The third-order valence-corrected chi connectivity index (χ3v) is 9.88.